The van der Waals surface area contributed by atoms with Crippen molar-refractivity contribution in [2.75, 3.05) is 0 Å². The van der Waals surface area contributed by atoms with Crippen LogP contribution in [0.25, 0.3) is 0 Å². The first-order valence-corrected chi connectivity index (χ1v) is 7.57. The van der Waals surface area contributed by atoms with E-state index in [0.717, 1.165) is 50.4 Å². The predicted molar refractivity (Wildman–Crippen MR) is 73.3 cm³/mol. The maximum atomic E-state index is 13.4. The molecule has 4 atom stereocenters. The molecule has 0 amide bonds. The number of halogens is 2. The molecule has 1 unspecified atom stereocenters. The summed E-state index contributed by atoms with van der Waals surface area (Å²) in [5.41, 5.74) is 0.930. The van der Waals surface area contributed by atoms with E-state index >= 15 is 0 Å². The highest BCUT2D eigenvalue weighted by atomic mass is 19.2. The van der Waals surface area contributed by atoms with Gasteiger partial charge in [0.05, 0.1) is 0 Å². The molecule has 0 saturated heterocycles. The molecule has 1 nitrogen and oxygen atoms in total. The lowest BCUT2D eigenvalue weighted by Crippen LogP contribution is -2.30. The quantitative estimate of drug-likeness (QED) is 0.730. The van der Waals surface area contributed by atoms with E-state index in [9.17, 15) is 13.6 Å². The molecule has 1 aromatic rings. The van der Waals surface area contributed by atoms with Crippen LogP contribution in [0, 0.1) is 29.4 Å². The third kappa shape index (κ3) is 2.63. The van der Waals surface area contributed by atoms with Crippen molar-refractivity contribution in [3.8, 4) is 0 Å². The van der Waals surface area contributed by atoms with Crippen molar-refractivity contribution < 1.29 is 13.6 Å². The smallest absolute Gasteiger partial charge is 0.159 e. The van der Waals surface area contributed by atoms with E-state index in [-0.39, 0.29) is 5.92 Å². The Labute approximate surface area is 118 Å². The van der Waals surface area contributed by atoms with Gasteiger partial charge in [-0.25, -0.2) is 8.78 Å². The Bertz CT molecular complexity index is 500. The fourth-order valence-corrected chi connectivity index (χ4v) is 4.12. The van der Waals surface area contributed by atoms with Crippen LogP contribution in [0.2, 0.25) is 0 Å². The number of aldehydes is 1. The SMILES string of the molecule is O=C[C@@H]1CC[C@@H]2CC(c3ccc(F)c(F)c3)CC[C@@H]2C1. The van der Waals surface area contributed by atoms with Crippen LogP contribution in [0.4, 0.5) is 8.78 Å². The molecule has 0 bridgehead atoms. The van der Waals surface area contributed by atoms with Gasteiger partial charge >= 0.3 is 0 Å². The lowest BCUT2D eigenvalue weighted by atomic mass is 9.64. The molecule has 3 rings (SSSR count). The zero-order valence-electron chi connectivity index (χ0n) is 11.5. The molecule has 0 aliphatic heterocycles. The number of hydrogen-bond donors (Lipinski definition) is 0. The van der Waals surface area contributed by atoms with Gasteiger partial charge in [0.2, 0.25) is 0 Å². The number of hydrogen-bond acceptors (Lipinski definition) is 1. The summed E-state index contributed by atoms with van der Waals surface area (Å²) in [5, 5.41) is 0. The summed E-state index contributed by atoms with van der Waals surface area (Å²) in [6.07, 6.45) is 7.43. The van der Waals surface area contributed by atoms with Crippen molar-refractivity contribution in [1.82, 2.24) is 0 Å². The molecular formula is C17H20F2O. The van der Waals surface area contributed by atoms with Gasteiger partial charge in [0.1, 0.15) is 6.29 Å². The number of carbonyl (C=O) groups excluding carboxylic acids is 1. The molecule has 0 heterocycles. The number of carbonyl (C=O) groups is 1. The van der Waals surface area contributed by atoms with Crippen molar-refractivity contribution in [1.29, 1.82) is 0 Å². The summed E-state index contributed by atoms with van der Waals surface area (Å²) in [6, 6.07) is 4.32. The maximum absolute atomic E-state index is 13.4. The molecule has 0 spiro atoms. The largest absolute Gasteiger partial charge is 0.303 e. The van der Waals surface area contributed by atoms with Crippen LogP contribution in [0.5, 0.6) is 0 Å². The molecule has 20 heavy (non-hydrogen) atoms. The van der Waals surface area contributed by atoms with Crippen molar-refractivity contribution in [2.45, 2.75) is 44.4 Å². The average Bonchev–Trinajstić information content (AvgIpc) is 2.49. The Morgan fingerprint density at radius 3 is 2.45 bits per heavy atom. The summed E-state index contributed by atoms with van der Waals surface area (Å²) in [7, 11) is 0. The minimum atomic E-state index is -0.770. The Hall–Kier alpha value is -1.25. The average molecular weight is 278 g/mol. The van der Waals surface area contributed by atoms with E-state index in [4.69, 9.17) is 0 Å². The van der Waals surface area contributed by atoms with E-state index in [0.29, 0.717) is 17.8 Å². The minimum Gasteiger partial charge on any atom is -0.303 e. The topological polar surface area (TPSA) is 17.1 Å². The minimum absolute atomic E-state index is 0.246. The van der Waals surface area contributed by atoms with Crippen LogP contribution >= 0.6 is 0 Å². The first-order chi connectivity index (χ1) is 9.67. The van der Waals surface area contributed by atoms with E-state index in [1.165, 1.54) is 12.1 Å². The van der Waals surface area contributed by atoms with Crippen LogP contribution in [-0.2, 0) is 4.79 Å². The monoisotopic (exact) mass is 278 g/mol. The maximum Gasteiger partial charge on any atom is 0.159 e. The Balaban J connectivity index is 1.70. The molecule has 2 aliphatic rings. The molecular weight excluding hydrogens is 258 g/mol. The molecule has 0 radical (unpaired) electrons. The van der Waals surface area contributed by atoms with E-state index in [1.54, 1.807) is 6.07 Å². The fourth-order valence-electron chi connectivity index (χ4n) is 4.12. The van der Waals surface area contributed by atoms with Gasteiger partial charge in [-0.2, -0.15) is 0 Å². The highest BCUT2D eigenvalue weighted by Gasteiger charge is 2.35. The van der Waals surface area contributed by atoms with Gasteiger partial charge in [-0.05, 0) is 74.0 Å². The molecule has 108 valence electrons. The Kier molecular flexibility index (Phi) is 3.86. The van der Waals surface area contributed by atoms with Crippen molar-refractivity contribution in [3.63, 3.8) is 0 Å². The highest BCUT2D eigenvalue weighted by Crippen LogP contribution is 2.47. The molecule has 1 aromatic carbocycles. The van der Waals surface area contributed by atoms with Crippen molar-refractivity contribution in [2.24, 2.45) is 17.8 Å². The van der Waals surface area contributed by atoms with Gasteiger partial charge in [-0.1, -0.05) is 6.07 Å². The standard InChI is InChI=1S/C17H20F2O/c18-16-6-5-15(9-17(16)19)14-4-3-12-7-11(10-20)1-2-13(12)8-14/h5-6,9-14H,1-4,7-8H2/t11-,12-,13-,14?/m1/s1. The van der Waals surface area contributed by atoms with Crippen LogP contribution in [0.3, 0.4) is 0 Å². The summed E-state index contributed by atoms with van der Waals surface area (Å²) in [5.74, 6) is 0.386. The summed E-state index contributed by atoms with van der Waals surface area (Å²) < 4.78 is 26.4. The first-order valence-electron chi connectivity index (χ1n) is 7.57. The highest BCUT2D eigenvalue weighted by molar-refractivity contribution is 5.53. The van der Waals surface area contributed by atoms with Crippen molar-refractivity contribution >= 4 is 6.29 Å². The second kappa shape index (κ2) is 5.63. The summed E-state index contributed by atoms with van der Waals surface area (Å²) >= 11 is 0. The number of rotatable bonds is 2. The zero-order valence-corrected chi connectivity index (χ0v) is 11.5. The van der Waals surface area contributed by atoms with E-state index < -0.39 is 11.6 Å². The molecule has 2 aliphatic carbocycles. The van der Waals surface area contributed by atoms with Crippen LogP contribution < -0.4 is 0 Å². The van der Waals surface area contributed by atoms with Crippen LogP contribution in [0.15, 0.2) is 18.2 Å². The Morgan fingerprint density at radius 2 is 1.70 bits per heavy atom. The van der Waals surface area contributed by atoms with Gasteiger partial charge in [0, 0.05) is 5.92 Å². The third-order valence-corrected chi connectivity index (χ3v) is 5.26. The van der Waals surface area contributed by atoms with Crippen LogP contribution in [-0.4, -0.2) is 6.29 Å². The van der Waals surface area contributed by atoms with E-state index in [2.05, 4.69) is 0 Å². The molecule has 2 saturated carbocycles. The molecule has 0 aromatic heterocycles. The van der Waals surface area contributed by atoms with Gasteiger partial charge < -0.3 is 4.79 Å². The number of benzene rings is 1. The first kappa shape index (κ1) is 13.7. The van der Waals surface area contributed by atoms with Gasteiger partial charge in [-0.15, -0.1) is 0 Å². The van der Waals surface area contributed by atoms with Gasteiger partial charge in [0.25, 0.3) is 0 Å². The normalized spacial score (nSPS) is 33.5. The van der Waals surface area contributed by atoms with Crippen LogP contribution in [0.1, 0.15) is 50.0 Å². The lowest BCUT2D eigenvalue weighted by Gasteiger charge is -2.41. The molecule has 2 fully saturated rings. The predicted octanol–water partition coefficient (Wildman–Crippen LogP) is 4.46. The van der Waals surface area contributed by atoms with Gasteiger partial charge in [0.15, 0.2) is 11.6 Å². The lowest BCUT2D eigenvalue weighted by molar-refractivity contribution is -0.113. The second-order valence-electron chi connectivity index (χ2n) is 6.41. The zero-order chi connectivity index (χ0) is 14.1. The summed E-state index contributed by atoms with van der Waals surface area (Å²) in [4.78, 5) is 10.9. The Morgan fingerprint density at radius 1 is 0.950 bits per heavy atom. The third-order valence-electron chi connectivity index (χ3n) is 5.26. The second-order valence-corrected chi connectivity index (χ2v) is 6.41. The van der Waals surface area contributed by atoms with Gasteiger partial charge in [-0.3, -0.25) is 0 Å². The number of fused-ring (bicyclic) bond motifs is 1. The molecule has 0 N–H and O–H groups in total. The van der Waals surface area contributed by atoms with Crippen molar-refractivity contribution in [3.05, 3.63) is 35.4 Å². The fraction of sp³-hybridized carbons (Fsp3) is 0.588. The molecule has 3 heteroatoms. The van der Waals surface area contributed by atoms with E-state index in [1.807, 2.05) is 0 Å². The summed E-state index contributed by atoms with van der Waals surface area (Å²) in [6.45, 7) is 0.